The predicted octanol–water partition coefficient (Wildman–Crippen LogP) is 7.51. The molecule has 0 saturated carbocycles. The highest BCUT2D eigenvalue weighted by molar-refractivity contribution is 5.66. The molecule has 0 saturated heterocycles. The molecule has 0 radical (unpaired) electrons. The maximum absolute atomic E-state index is 14.8. The minimum atomic E-state index is -0.494. The van der Waals surface area contributed by atoms with Crippen LogP contribution in [0.25, 0.3) is 11.1 Å². The highest BCUT2D eigenvalue weighted by Gasteiger charge is 2.23. The molecule has 1 atom stereocenters. The first-order valence-corrected chi connectivity index (χ1v) is 11.2. The normalized spacial score (nSPS) is 15.4. The number of nitrogens with zero attached hydrogens (tertiary/aromatic N) is 1. The fourth-order valence-electron chi connectivity index (χ4n) is 4.62. The van der Waals surface area contributed by atoms with Gasteiger partial charge in [-0.1, -0.05) is 56.2 Å². The third-order valence-electron chi connectivity index (χ3n) is 6.43. The van der Waals surface area contributed by atoms with Gasteiger partial charge < -0.3 is 0 Å². The first-order chi connectivity index (χ1) is 15.1. The van der Waals surface area contributed by atoms with Gasteiger partial charge in [0.2, 0.25) is 0 Å². The standard InChI is InChI=1S/C28H27F2N/c1-2-3-4-5-19-6-13-26(28(30)14-19)24-11-9-20-15-21(7-8-22(20)16-24)23-10-12-25(18-31)27(29)17-23/h6-8,10,12-15,17,24H,2-5,9,11,16H2,1H3. The van der Waals surface area contributed by atoms with E-state index in [2.05, 4.69) is 25.1 Å². The van der Waals surface area contributed by atoms with E-state index >= 15 is 0 Å². The fraction of sp³-hybridized carbons (Fsp3) is 0.321. The minimum Gasteiger partial charge on any atom is -0.207 e. The molecule has 3 aromatic carbocycles. The first kappa shape index (κ1) is 21.2. The SMILES string of the molecule is CCCCCc1ccc(C2CCc3cc(-c4ccc(C#N)c(F)c4)ccc3C2)c(F)c1. The lowest BCUT2D eigenvalue weighted by Gasteiger charge is -2.26. The minimum absolute atomic E-state index is 0.0583. The van der Waals surface area contributed by atoms with Gasteiger partial charge in [-0.2, -0.15) is 5.26 Å². The van der Waals surface area contributed by atoms with E-state index in [0.717, 1.165) is 54.4 Å². The van der Waals surface area contributed by atoms with Crippen LogP contribution in [0.5, 0.6) is 0 Å². The Morgan fingerprint density at radius 2 is 1.71 bits per heavy atom. The molecule has 0 heterocycles. The van der Waals surface area contributed by atoms with Gasteiger partial charge in [-0.05, 0) is 89.6 Å². The van der Waals surface area contributed by atoms with Gasteiger partial charge >= 0.3 is 0 Å². The summed E-state index contributed by atoms with van der Waals surface area (Å²) < 4.78 is 28.9. The second-order valence-electron chi connectivity index (χ2n) is 8.54. The number of halogens is 2. The molecule has 0 aliphatic heterocycles. The van der Waals surface area contributed by atoms with Crippen LogP contribution in [0.15, 0.2) is 54.6 Å². The topological polar surface area (TPSA) is 23.8 Å². The van der Waals surface area contributed by atoms with Gasteiger partial charge in [0.1, 0.15) is 17.7 Å². The van der Waals surface area contributed by atoms with Crippen LogP contribution >= 0.6 is 0 Å². The Morgan fingerprint density at radius 3 is 2.45 bits per heavy atom. The van der Waals surface area contributed by atoms with Gasteiger partial charge in [0, 0.05) is 0 Å². The first-order valence-electron chi connectivity index (χ1n) is 11.2. The quantitative estimate of drug-likeness (QED) is 0.382. The largest absolute Gasteiger partial charge is 0.207 e. The van der Waals surface area contributed by atoms with Crippen LogP contribution < -0.4 is 0 Å². The second kappa shape index (κ2) is 9.43. The van der Waals surface area contributed by atoms with Crippen molar-refractivity contribution in [2.45, 2.75) is 57.8 Å². The number of rotatable bonds is 6. The van der Waals surface area contributed by atoms with Crippen molar-refractivity contribution in [3.63, 3.8) is 0 Å². The molecule has 1 aliphatic carbocycles. The third-order valence-corrected chi connectivity index (χ3v) is 6.43. The van der Waals surface area contributed by atoms with Gasteiger partial charge in [0.15, 0.2) is 0 Å². The van der Waals surface area contributed by atoms with Crippen LogP contribution in [0.3, 0.4) is 0 Å². The van der Waals surface area contributed by atoms with E-state index in [4.69, 9.17) is 5.26 Å². The molecule has 0 fully saturated rings. The lowest BCUT2D eigenvalue weighted by atomic mass is 9.79. The molecule has 0 N–H and O–H groups in total. The number of unbranched alkanes of at least 4 members (excludes halogenated alkanes) is 2. The van der Waals surface area contributed by atoms with Gasteiger partial charge in [0.25, 0.3) is 0 Å². The van der Waals surface area contributed by atoms with Crippen molar-refractivity contribution in [2.24, 2.45) is 0 Å². The molecule has 1 unspecified atom stereocenters. The molecule has 3 aromatic rings. The van der Waals surface area contributed by atoms with E-state index < -0.39 is 5.82 Å². The summed E-state index contributed by atoms with van der Waals surface area (Å²) in [6, 6.07) is 18.6. The van der Waals surface area contributed by atoms with Crippen molar-refractivity contribution < 1.29 is 8.78 Å². The van der Waals surface area contributed by atoms with Crippen molar-refractivity contribution >= 4 is 0 Å². The zero-order valence-electron chi connectivity index (χ0n) is 17.9. The Hall–Kier alpha value is -2.99. The number of nitriles is 1. The van der Waals surface area contributed by atoms with Crippen LogP contribution in [-0.4, -0.2) is 0 Å². The summed E-state index contributed by atoms with van der Waals surface area (Å²) in [6.07, 6.45) is 7.01. The van der Waals surface area contributed by atoms with Crippen LogP contribution in [0, 0.1) is 23.0 Å². The number of benzene rings is 3. The van der Waals surface area contributed by atoms with E-state index in [1.54, 1.807) is 12.1 Å². The summed E-state index contributed by atoms with van der Waals surface area (Å²) in [7, 11) is 0. The van der Waals surface area contributed by atoms with E-state index in [0.29, 0.717) is 0 Å². The fourth-order valence-corrected chi connectivity index (χ4v) is 4.62. The van der Waals surface area contributed by atoms with Crippen LogP contribution in [0.4, 0.5) is 8.78 Å². The van der Waals surface area contributed by atoms with Crippen LogP contribution in [0.1, 0.15) is 66.3 Å². The lowest BCUT2D eigenvalue weighted by molar-refractivity contribution is 0.532. The van der Waals surface area contributed by atoms with Crippen molar-refractivity contribution in [1.29, 1.82) is 5.26 Å². The smallest absolute Gasteiger partial charge is 0.141 e. The van der Waals surface area contributed by atoms with Crippen molar-refractivity contribution in [1.82, 2.24) is 0 Å². The van der Waals surface area contributed by atoms with E-state index in [1.807, 2.05) is 18.2 Å². The molecule has 4 rings (SSSR count). The molecule has 0 spiro atoms. The maximum atomic E-state index is 14.8. The van der Waals surface area contributed by atoms with Gasteiger partial charge in [0.05, 0.1) is 5.56 Å². The average molecular weight is 416 g/mol. The van der Waals surface area contributed by atoms with Gasteiger partial charge in [-0.15, -0.1) is 0 Å². The number of hydrogen-bond donors (Lipinski definition) is 0. The molecule has 1 aliphatic rings. The summed E-state index contributed by atoms with van der Waals surface area (Å²) in [6.45, 7) is 2.18. The number of fused-ring (bicyclic) bond motifs is 1. The summed E-state index contributed by atoms with van der Waals surface area (Å²) in [5, 5.41) is 8.92. The summed E-state index contributed by atoms with van der Waals surface area (Å²) in [5.74, 6) is -0.381. The molecule has 31 heavy (non-hydrogen) atoms. The maximum Gasteiger partial charge on any atom is 0.141 e. The second-order valence-corrected chi connectivity index (χ2v) is 8.54. The Balaban J connectivity index is 1.51. The third kappa shape index (κ3) is 4.69. The molecule has 0 bridgehead atoms. The monoisotopic (exact) mass is 415 g/mol. The molecule has 3 heteroatoms. The Labute approximate surface area is 183 Å². The molecule has 158 valence electrons. The van der Waals surface area contributed by atoms with E-state index in [9.17, 15) is 8.78 Å². The average Bonchev–Trinajstić information content (AvgIpc) is 2.78. The number of aryl methyl sites for hydroxylation is 2. The highest BCUT2D eigenvalue weighted by Crippen LogP contribution is 2.36. The lowest BCUT2D eigenvalue weighted by Crippen LogP contribution is -2.14. The molecular formula is C28H27F2N. The molecule has 0 amide bonds. The van der Waals surface area contributed by atoms with E-state index in [-0.39, 0.29) is 17.3 Å². The van der Waals surface area contributed by atoms with Crippen molar-refractivity contribution in [3.8, 4) is 17.2 Å². The van der Waals surface area contributed by atoms with Crippen molar-refractivity contribution in [3.05, 3.63) is 94.0 Å². The van der Waals surface area contributed by atoms with Crippen LogP contribution in [-0.2, 0) is 19.3 Å². The highest BCUT2D eigenvalue weighted by atomic mass is 19.1. The van der Waals surface area contributed by atoms with Gasteiger partial charge in [-0.25, -0.2) is 8.78 Å². The Morgan fingerprint density at radius 1 is 0.903 bits per heavy atom. The van der Waals surface area contributed by atoms with Gasteiger partial charge in [-0.3, -0.25) is 0 Å². The molecule has 1 nitrogen and oxygen atoms in total. The molecular weight excluding hydrogens is 388 g/mol. The van der Waals surface area contributed by atoms with Crippen molar-refractivity contribution in [2.75, 3.05) is 0 Å². The zero-order chi connectivity index (χ0) is 21.8. The Bertz CT molecular complexity index is 1130. The van der Waals surface area contributed by atoms with E-state index in [1.165, 1.54) is 36.1 Å². The number of hydrogen-bond acceptors (Lipinski definition) is 1. The molecule has 0 aromatic heterocycles. The summed E-state index contributed by atoms with van der Waals surface area (Å²) >= 11 is 0. The summed E-state index contributed by atoms with van der Waals surface area (Å²) in [5.41, 5.74) is 6.17. The predicted molar refractivity (Wildman–Crippen MR) is 121 cm³/mol. The summed E-state index contributed by atoms with van der Waals surface area (Å²) in [4.78, 5) is 0. The van der Waals surface area contributed by atoms with Crippen LogP contribution in [0.2, 0.25) is 0 Å². The Kier molecular flexibility index (Phi) is 6.47. The zero-order valence-corrected chi connectivity index (χ0v) is 17.9.